The molecule has 9 heteroatoms. The highest BCUT2D eigenvalue weighted by atomic mass is 16.5. The second-order valence-corrected chi connectivity index (χ2v) is 18.4. The summed E-state index contributed by atoms with van der Waals surface area (Å²) in [5, 5.41) is 38.9. The Morgan fingerprint density at radius 1 is 0.885 bits per heavy atom. The van der Waals surface area contributed by atoms with E-state index in [4.69, 9.17) is 10.5 Å². The highest BCUT2D eigenvalue weighted by Gasteiger charge is 2.42. The molecular formula is C43H75N3O6+2. The number of carbonyl (C=O) groups is 2. The van der Waals surface area contributed by atoms with Crippen LogP contribution in [0.2, 0.25) is 0 Å². The Bertz CT molecular complexity index is 1190. The van der Waals surface area contributed by atoms with E-state index in [1.165, 1.54) is 6.42 Å². The minimum Gasteiger partial charge on any atom is -0.393 e. The number of ketones is 2. The average molecular weight is 730 g/mol. The number of carbonyl (C=O) groups excluding carboxylic acids is 2. The summed E-state index contributed by atoms with van der Waals surface area (Å²) in [5.74, 6) is 9.58. The number of aliphatic hydroxyl groups excluding tert-OH is 3. The molecule has 0 radical (unpaired) electrons. The first-order valence-electron chi connectivity index (χ1n) is 21.5. The summed E-state index contributed by atoms with van der Waals surface area (Å²) in [7, 11) is 1.66. The predicted molar refractivity (Wildman–Crippen MR) is 202 cm³/mol. The number of hydrogen-bond donors (Lipinski definition) is 6. The fraction of sp³-hybridized carbons (Fsp3) is 0.907. The maximum Gasteiger partial charge on any atom is 0.150 e. The van der Waals surface area contributed by atoms with Crippen LogP contribution >= 0.6 is 0 Å². The lowest BCUT2D eigenvalue weighted by molar-refractivity contribution is -0.711. The van der Waals surface area contributed by atoms with Crippen LogP contribution in [0, 0.1) is 65.1 Å². The molecule has 0 aromatic carbocycles. The Morgan fingerprint density at radius 2 is 1.69 bits per heavy atom. The van der Waals surface area contributed by atoms with E-state index in [-0.39, 0.29) is 41.7 Å². The zero-order valence-electron chi connectivity index (χ0n) is 32.8. The Hall–Kier alpha value is -1.38. The fourth-order valence-corrected chi connectivity index (χ4v) is 10.9. The first kappa shape index (κ1) is 41.8. The van der Waals surface area contributed by atoms with Gasteiger partial charge in [0.15, 0.2) is 0 Å². The summed E-state index contributed by atoms with van der Waals surface area (Å²) in [5.41, 5.74) is 6.30. The fourth-order valence-electron chi connectivity index (χ4n) is 10.9. The van der Waals surface area contributed by atoms with Crippen LogP contribution in [0.1, 0.15) is 136 Å². The average Bonchev–Trinajstić information content (AvgIpc) is 3.18. The molecule has 5 aliphatic rings. The third-order valence-electron chi connectivity index (χ3n) is 14.2. The van der Waals surface area contributed by atoms with Crippen LogP contribution in [-0.4, -0.2) is 83.7 Å². The molecule has 2 aliphatic heterocycles. The van der Waals surface area contributed by atoms with Gasteiger partial charge < -0.3 is 30.7 Å². The van der Waals surface area contributed by atoms with Gasteiger partial charge in [-0.15, -0.1) is 0 Å². The van der Waals surface area contributed by atoms with Crippen LogP contribution in [0.4, 0.5) is 0 Å². The minimum atomic E-state index is -0.783. The SMILES string of the molecule is COC1CC2CCC(=O)[C@@H]([C@H](O)CCCC[C@@H]3C[NH2+][C@@H]4CC(=O)CC[C@H]4C3)C#C[C@@H](CC[C@H](O)[C@H](CCC(C)C)CC3CC[NH2+]C(N)C3)C2CC1O. The highest BCUT2D eigenvalue weighted by molar-refractivity contribution is 5.84. The largest absolute Gasteiger partial charge is 0.393 e. The lowest BCUT2D eigenvalue weighted by Crippen LogP contribution is -2.95. The van der Waals surface area contributed by atoms with Crippen molar-refractivity contribution in [3.8, 4) is 11.8 Å². The number of piperidine rings is 2. The number of aliphatic hydroxyl groups is 3. The molecule has 2 saturated carbocycles. The zero-order valence-corrected chi connectivity index (χ0v) is 32.8. The number of unbranched alkanes of at least 4 members (excludes halogenated alkanes) is 1. The number of rotatable bonds is 16. The van der Waals surface area contributed by atoms with E-state index in [0.717, 1.165) is 90.1 Å². The van der Waals surface area contributed by atoms with Crippen molar-refractivity contribution in [2.45, 2.75) is 172 Å². The molecular weight excluding hydrogens is 654 g/mol. The summed E-state index contributed by atoms with van der Waals surface area (Å²) in [4.78, 5) is 25.6. The van der Waals surface area contributed by atoms with Crippen LogP contribution < -0.4 is 16.4 Å². The Morgan fingerprint density at radius 3 is 2.46 bits per heavy atom. The summed E-state index contributed by atoms with van der Waals surface area (Å²) in [6, 6.07) is 0.484. The Labute approximate surface area is 314 Å². The van der Waals surface area contributed by atoms with Gasteiger partial charge in [0, 0.05) is 44.1 Å². The number of methoxy groups -OCH3 is 1. The second-order valence-electron chi connectivity index (χ2n) is 18.4. The molecule has 4 fully saturated rings. The van der Waals surface area contributed by atoms with Gasteiger partial charge in [0.1, 0.15) is 23.7 Å². The lowest BCUT2D eigenvalue weighted by atomic mass is 9.67. The van der Waals surface area contributed by atoms with Gasteiger partial charge in [0.2, 0.25) is 0 Å². The van der Waals surface area contributed by atoms with Crippen molar-refractivity contribution < 1.29 is 40.3 Å². The number of quaternary nitrogens is 2. The van der Waals surface area contributed by atoms with E-state index in [9.17, 15) is 24.9 Å². The molecule has 14 atom stereocenters. The van der Waals surface area contributed by atoms with Crippen molar-refractivity contribution in [3.63, 3.8) is 0 Å². The van der Waals surface area contributed by atoms with Crippen molar-refractivity contribution >= 4 is 11.6 Å². The van der Waals surface area contributed by atoms with Crippen molar-refractivity contribution in [3.05, 3.63) is 0 Å². The topological polar surface area (TPSA) is 163 Å². The summed E-state index contributed by atoms with van der Waals surface area (Å²) >= 11 is 0. The molecule has 0 aromatic heterocycles. The lowest BCUT2D eigenvalue weighted by Gasteiger charge is -2.41. The normalized spacial score (nSPS) is 37.4. The van der Waals surface area contributed by atoms with E-state index >= 15 is 0 Å². The van der Waals surface area contributed by atoms with Gasteiger partial charge in [-0.25, -0.2) is 0 Å². The summed E-state index contributed by atoms with van der Waals surface area (Å²) in [6.45, 7) is 6.65. The molecule has 296 valence electrons. The molecule has 0 aromatic rings. The number of ether oxygens (including phenoxy) is 1. The third kappa shape index (κ3) is 12.1. The van der Waals surface area contributed by atoms with Gasteiger partial charge in [0.05, 0.1) is 50.0 Å². The maximum atomic E-state index is 13.7. The molecule has 5 rings (SSSR count). The van der Waals surface area contributed by atoms with Gasteiger partial charge in [0.25, 0.3) is 0 Å². The predicted octanol–water partition coefficient (Wildman–Crippen LogP) is 3.07. The molecule has 3 aliphatic carbocycles. The Balaban J connectivity index is 1.21. The number of Topliss-reactive ketones (excluding diaryl/α,β-unsaturated/α-hetero) is 2. The standard InChI is InChI=1S/C43H73N3O6/c1-27(2)8-9-33(20-28-18-19-45-43(44)22-28)38(48)16-12-30-11-15-35(40(50)17-13-31-23-42(52-3)41(51)25-36(30)31)39(49)7-5-4-6-29-21-32-10-14-34(47)24-37(32)46-26-29/h27-33,35-39,41-43,45-46,48-49,51H,4-10,12-14,16-26,44H2,1-3H3/p+2/t28?,29-,30-,31?,32-,33+,35+,36?,37+,38-,39+,41?,42?,43?/m0/s1. The minimum absolute atomic E-state index is 0.0379. The van der Waals surface area contributed by atoms with E-state index in [1.54, 1.807) is 7.11 Å². The maximum absolute atomic E-state index is 13.7. The smallest absolute Gasteiger partial charge is 0.150 e. The van der Waals surface area contributed by atoms with Crippen LogP contribution in [0.3, 0.4) is 0 Å². The molecule has 9 nitrogen and oxygen atoms in total. The molecule has 2 saturated heterocycles. The first-order valence-corrected chi connectivity index (χ1v) is 21.5. The number of nitrogens with two attached hydrogens (primary N) is 3. The van der Waals surface area contributed by atoms with Crippen LogP contribution in [0.25, 0.3) is 0 Å². The summed E-state index contributed by atoms with van der Waals surface area (Å²) < 4.78 is 5.68. The van der Waals surface area contributed by atoms with Crippen molar-refractivity contribution in [1.29, 1.82) is 0 Å². The van der Waals surface area contributed by atoms with Crippen molar-refractivity contribution in [1.82, 2.24) is 0 Å². The van der Waals surface area contributed by atoms with E-state index < -0.39 is 24.2 Å². The van der Waals surface area contributed by atoms with Gasteiger partial charge in [-0.05, 0) is 107 Å². The molecule has 2 heterocycles. The Kier molecular flexibility index (Phi) is 16.5. The van der Waals surface area contributed by atoms with Crippen molar-refractivity contribution in [2.24, 2.45) is 59.0 Å². The van der Waals surface area contributed by atoms with Gasteiger partial charge in [-0.1, -0.05) is 45.0 Å². The van der Waals surface area contributed by atoms with Crippen LogP contribution in [0.15, 0.2) is 0 Å². The third-order valence-corrected chi connectivity index (χ3v) is 14.2. The zero-order chi connectivity index (χ0) is 37.2. The monoisotopic (exact) mass is 730 g/mol. The van der Waals surface area contributed by atoms with Gasteiger partial charge in [-0.3, -0.25) is 15.3 Å². The van der Waals surface area contributed by atoms with Crippen molar-refractivity contribution in [2.75, 3.05) is 20.2 Å². The van der Waals surface area contributed by atoms with Gasteiger partial charge in [-0.2, -0.15) is 0 Å². The molecule has 0 amide bonds. The summed E-state index contributed by atoms with van der Waals surface area (Å²) in [6.07, 6.45) is 14.5. The molecule has 0 spiro atoms. The number of fused-ring (bicyclic) bond motifs is 2. The molecule has 52 heavy (non-hydrogen) atoms. The van der Waals surface area contributed by atoms with Gasteiger partial charge >= 0.3 is 0 Å². The van der Waals surface area contributed by atoms with E-state index in [2.05, 4.69) is 36.3 Å². The van der Waals surface area contributed by atoms with E-state index in [0.29, 0.717) is 74.0 Å². The quantitative estimate of drug-likeness (QED) is 0.105. The van der Waals surface area contributed by atoms with E-state index in [1.807, 2.05) is 0 Å². The first-order chi connectivity index (χ1) is 25.0. The molecule has 0 bridgehead atoms. The second kappa shape index (κ2) is 20.5. The van der Waals surface area contributed by atoms with Crippen LogP contribution in [0.5, 0.6) is 0 Å². The number of hydrogen-bond acceptors (Lipinski definition) is 7. The molecule has 9 N–H and O–H groups in total. The van der Waals surface area contributed by atoms with Crippen LogP contribution in [-0.2, 0) is 14.3 Å². The molecule has 6 unspecified atom stereocenters. The highest BCUT2D eigenvalue weighted by Crippen LogP contribution is 2.42.